The van der Waals surface area contributed by atoms with E-state index < -0.39 is 0 Å². The minimum Gasteiger partial charge on any atom is -0.374 e. The fourth-order valence-electron chi connectivity index (χ4n) is 3.09. The first-order chi connectivity index (χ1) is 7.51. The molecule has 0 spiro atoms. The molecule has 0 amide bonds. The van der Waals surface area contributed by atoms with Crippen molar-refractivity contribution in [3.63, 3.8) is 0 Å². The topological polar surface area (TPSA) is 29.3 Å². The predicted molar refractivity (Wildman–Crippen MR) is 67.9 cm³/mol. The molecule has 1 aromatic rings. The first-order valence-electron chi connectivity index (χ1n) is 6.11. The van der Waals surface area contributed by atoms with Gasteiger partial charge in [0.1, 0.15) is 0 Å². The highest BCUT2D eigenvalue weighted by Gasteiger charge is 2.56. The van der Waals surface area contributed by atoms with Crippen LogP contribution in [0.3, 0.4) is 0 Å². The maximum atomic E-state index is 6.14. The zero-order valence-electron chi connectivity index (χ0n) is 10.3. The summed E-state index contributed by atoms with van der Waals surface area (Å²) >= 11 is 0. The van der Waals surface area contributed by atoms with Crippen molar-refractivity contribution in [1.82, 2.24) is 0 Å². The molecule has 0 aromatic heterocycles. The standard InChI is InChI=1S/C14H20N2/c1-14(2)12(13(14)15)10-4-5-11-9(8-10)6-7-16(11)3/h4-5,8,12-13H,6-7,15H2,1-3H3/t12-,13-/m0/s1. The van der Waals surface area contributed by atoms with Gasteiger partial charge in [-0.2, -0.15) is 0 Å². The Morgan fingerprint density at radius 2 is 2.06 bits per heavy atom. The normalized spacial score (nSPS) is 30.4. The summed E-state index contributed by atoms with van der Waals surface area (Å²) in [6.07, 6.45) is 1.18. The van der Waals surface area contributed by atoms with Crippen molar-refractivity contribution in [3.8, 4) is 0 Å². The van der Waals surface area contributed by atoms with Gasteiger partial charge in [-0.1, -0.05) is 26.0 Å². The molecule has 3 rings (SSSR count). The van der Waals surface area contributed by atoms with E-state index in [0.29, 0.717) is 17.4 Å². The van der Waals surface area contributed by atoms with Gasteiger partial charge in [-0.05, 0) is 29.0 Å². The van der Waals surface area contributed by atoms with Crippen LogP contribution in [0, 0.1) is 5.41 Å². The summed E-state index contributed by atoms with van der Waals surface area (Å²) in [6, 6.07) is 7.24. The smallest absolute Gasteiger partial charge is 0.0397 e. The quantitative estimate of drug-likeness (QED) is 0.779. The van der Waals surface area contributed by atoms with Gasteiger partial charge in [-0.3, -0.25) is 0 Å². The maximum absolute atomic E-state index is 6.14. The fraction of sp³-hybridized carbons (Fsp3) is 0.571. The number of hydrogen-bond donors (Lipinski definition) is 1. The molecular formula is C14H20N2. The number of rotatable bonds is 1. The zero-order valence-corrected chi connectivity index (χ0v) is 10.3. The van der Waals surface area contributed by atoms with Crippen LogP contribution >= 0.6 is 0 Å². The van der Waals surface area contributed by atoms with Crippen molar-refractivity contribution in [2.45, 2.75) is 32.2 Å². The lowest BCUT2D eigenvalue weighted by atomic mass is 10.00. The molecule has 2 N–H and O–H groups in total. The summed E-state index contributed by atoms with van der Waals surface area (Å²) in [5, 5.41) is 0. The SMILES string of the molecule is CN1CCc2cc([C@H]3[C@H](N)C3(C)C)ccc21. The Bertz CT molecular complexity index is 436. The van der Waals surface area contributed by atoms with Crippen LogP contribution in [-0.4, -0.2) is 19.6 Å². The highest BCUT2D eigenvalue weighted by atomic mass is 15.1. The molecule has 2 nitrogen and oxygen atoms in total. The van der Waals surface area contributed by atoms with Gasteiger partial charge in [0.15, 0.2) is 0 Å². The van der Waals surface area contributed by atoms with Gasteiger partial charge in [-0.15, -0.1) is 0 Å². The number of nitrogens with zero attached hydrogens (tertiary/aromatic N) is 1. The largest absolute Gasteiger partial charge is 0.374 e. The Morgan fingerprint density at radius 3 is 2.69 bits per heavy atom. The molecule has 1 saturated carbocycles. The number of benzene rings is 1. The average molecular weight is 216 g/mol. The lowest BCUT2D eigenvalue weighted by Crippen LogP contribution is -2.12. The molecule has 0 unspecified atom stereocenters. The molecular weight excluding hydrogens is 196 g/mol. The molecule has 0 saturated heterocycles. The van der Waals surface area contributed by atoms with Gasteiger partial charge in [-0.25, -0.2) is 0 Å². The lowest BCUT2D eigenvalue weighted by Gasteiger charge is -2.12. The van der Waals surface area contributed by atoms with Crippen LogP contribution in [0.25, 0.3) is 0 Å². The first kappa shape index (κ1) is 10.2. The number of anilines is 1. The summed E-state index contributed by atoms with van der Waals surface area (Å²) in [7, 11) is 2.16. The van der Waals surface area contributed by atoms with Crippen LogP contribution in [0.4, 0.5) is 5.69 Å². The third kappa shape index (κ3) is 1.23. The molecule has 1 heterocycles. The van der Waals surface area contributed by atoms with Crippen molar-refractivity contribution >= 4 is 5.69 Å². The second-order valence-corrected chi connectivity index (χ2v) is 5.88. The van der Waals surface area contributed by atoms with Crippen molar-refractivity contribution in [2.24, 2.45) is 11.1 Å². The van der Waals surface area contributed by atoms with E-state index in [4.69, 9.17) is 5.73 Å². The van der Waals surface area contributed by atoms with E-state index >= 15 is 0 Å². The second kappa shape index (κ2) is 3.01. The number of fused-ring (bicyclic) bond motifs is 1. The number of nitrogens with two attached hydrogens (primary N) is 1. The molecule has 1 aliphatic heterocycles. The van der Waals surface area contributed by atoms with Crippen molar-refractivity contribution in [1.29, 1.82) is 0 Å². The van der Waals surface area contributed by atoms with Gasteiger partial charge in [0.05, 0.1) is 0 Å². The molecule has 1 aliphatic carbocycles. The van der Waals surface area contributed by atoms with Crippen LogP contribution in [0.1, 0.15) is 30.9 Å². The lowest BCUT2D eigenvalue weighted by molar-refractivity contribution is 0.599. The predicted octanol–water partition coefficient (Wildman–Crippen LogP) is 2.13. The van der Waals surface area contributed by atoms with Crippen LogP contribution in [0.2, 0.25) is 0 Å². The summed E-state index contributed by atoms with van der Waals surface area (Å²) in [5.74, 6) is 0.559. The molecule has 0 bridgehead atoms. The third-order valence-corrected chi connectivity index (χ3v) is 4.50. The first-order valence-corrected chi connectivity index (χ1v) is 6.11. The minimum absolute atomic E-state index is 0.290. The van der Waals surface area contributed by atoms with Crippen LogP contribution in [0.5, 0.6) is 0 Å². The van der Waals surface area contributed by atoms with Crippen molar-refractivity contribution < 1.29 is 0 Å². The van der Waals surface area contributed by atoms with Gasteiger partial charge in [0.25, 0.3) is 0 Å². The van der Waals surface area contributed by atoms with Gasteiger partial charge in [0.2, 0.25) is 0 Å². The Kier molecular flexibility index (Phi) is 1.91. The van der Waals surface area contributed by atoms with E-state index in [1.807, 2.05) is 0 Å². The van der Waals surface area contributed by atoms with Gasteiger partial charge in [0, 0.05) is 31.2 Å². The van der Waals surface area contributed by atoms with E-state index in [1.54, 1.807) is 0 Å². The Hall–Kier alpha value is -1.02. The van der Waals surface area contributed by atoms with E-state index in [0.717, 1.165) is 6.54 Å². The molecule has 1 aromatic carbocycles. The highest BCUT2D eigenvalue weighted by molar-refractivity contribution is 5.59. The monoisotopic (exact) mass is 216 g/mol. The minimum atomic E-state index is 0.290. The molecule has 0 radical (unpaired) electrons. The van der Waals surface area contributed by atoms with Crippen LogP contribution in [0.15, 0.2) is 18.2 Å². The maximum Gasteiger partial charge on any atom is 0.0397 e. The van der Waals surface area contributed by atoms with Gasteiger partial charge >= 0.3 is 0 Å². The van der Waals surface area contributed by atoms with E-state index in [1.165, 1.54) is 23.2 Å². The molecule has 2 aliphatic rings. The summed E-state index contributed by atoms with van der Waals surface area (Å²) in [6.45, 7) is 5.68. The molecule has 2 heteroatoms. The average Bonchev–Trinajstić information content (AvgIpc) is 2.57. The third-order valence-electron chi connectivity index (χ3n) is 4.50. The van der Waals surface area contributed by atoms with Gasteiger partial charge < -0.3 is 10.6 Å². The van der Waals surface area contributed by atoms with Crippen molar-refractivity contribution in [2.75, 3.05) is 18.5 Å². The Morgan fingerprint density at radius 1 is 1.38 bits per heavy atom. The summed E-state index contributed by atoms with van der Waals surface area (Å²) < 4.78 is 0. The Labute approximate surface area is 97.4 Å². The highest BCUT2D eigenvalue weighted by Crippen LogP contribution is 2.57. The molecule has 16 heavy (non-hydrogen) atoms. The van der Waals surface area contributed by atoms with E-state index in [9.17, 15) is 0 Å². The molecule has 1 fully saturated rings. The van der Waals surface area contributed by atoms with E-state index in [2.05, 4.69) is 44.0 Å². The number of likely N-dealkylation sites (N-methyl/N-ethyl adjacent to an activating group) is 1. The fourth-order valence-corrected chi connectivity index (χ4v) is 3.09. The zero-order chi connectivity index (χ0) is 11.5. The second-order valence-electron chi connectivity index (χ2n) is 5.88. The summed E-state index contributed by atoms with van der Waals surface area (Å²) in [4.78, 5) is 2.33. The number of hydrogen-bond acceptors (Lipinski definition) is 2. The van der Waals surface area contributed by atoms with Crippen LogP contribution < -0.4 is 10.6 Å². The Balaban J connectivity index is 1.95. The molecule has 86 valence electrons. The summed E-state index contributed by atoms with van der Waals surface area (Å²) in [5.41, 5.74) is 10.8. The van der Waals surface area contributed by atoms with E-state index in [-0.39, 0.29) is 0 Å². The van der Waals surface area contributed by atoms with Crippen LogP contribution in [-0.2, 0) is 6.42 Å². The molecule has 2 atom stereocenters. The van der Waals surface area contributed by atoms with Crippen molar-refractivity contribution in [3.05, 3.63) is 29.3 Å².